The van der Waals surface area contributed by atoms with Crippen molar-refractivity contribution in [3.63, 3.8) is 0 Å². The molecule has 2 aliphatic rings. The van der Waals surface area contributed by atoms with Gasteiger partial charge >= 0.3 is 6.03 Å². The number of nitrogens with zero attached hydrogens (tertiary/aromatic N) is 3. The van der Waals surface area contributed by atoms with Crippen LogP contribution in [0.15, 0.2) is 0 Å². The molecule has 2 rings (SSSR count). The van der Waals surface area contributed by atoms with E-state index in [1.807, 2.05) is 16.8 Å². The Bertz CT molecular complexity index is 286. The van der Waals surface area contributed by atoms with Crippen LogP contribution in [-0.4, -0.2) is 65.5 Å². The van der Waals surface area contributed by atoms with Gasteiger partial charge in [-0.05, 0) is 33.6 Å². The average Bonchev–Trinajstić information content (AvgIpc) is 3.10. The number of amides is 2. The highest BCUT2D eigenvalue weighted by molar-refractivity contribution is 5.75. The first-order chi connectivity index (χ1) is 7.89. The Balaban J connectivity index is 1.84. The summed E-state index contributed by atoms with van der Waals surface area (Å²) in [6.45, 7) is 10.4. The first kappa shape index (κ1) is 12.7. The topological polar surface area (TPSA) is 26.8 Å². The third-order valence-corrected chi connectivity index (χ3v) is 3.90. The van der Waals surface area contributed by atoms with Crippen molar-refractivity contribution in [1.82, 2.24) is 14.7 Å². The predicted octanol–water partition coefficient (Wildman–Crippen LogP) is 1.62. The lowest BCUT2D eigenvalue weighted by molar-refractivity contribution is 0.0656. The van der Waals surface area contributed by atoms with Gasteiger partial charge in [0.15, 0.2) is 0 Å². The Morgan fingerprint density at radius 1 is 1.12 bits per heavy atom. The van der Waals surface area contributed by atoms with Crippen molar-refractivity contribution in [2.24, 2.45) is 0 Å². The fourth-order valence-electron chi connectivity index (χ4n) is 2.41. The average molecular weight is 239 g/mol. The molecule has 1 saturated carbocycles. The number of piperazine rings is 1. The molecule has 1 aliphatic carbocycles. The standard InChI is InChI=1S/C13H25N3O/c1-13(2,3)16-9-7-15(8-10-16)12(17)14(4)11-5-6-11/h11H,5-10H2,1-4H3. The number of hydrogen-bond donors (Lipinski definition) is 0. The van der Waals surface area contributed by atoms with Gasteiger partial charge in [-0.15, -0.1) is 0 Å². The first-order valence-corrected chi connectivity index (χ1v) is 6.66. The quantitative estimate of drug-likeness (QED) is 0.695. The highest BCUT2D eigenvalue weighted by Crippen LogP contribution is 2.26. The molecule has 1 heterocycles. The highest BCUT2D eigenvalue weighted by atomic mass is 16.2. The lowest BCUT2D eigenvalue weighted by Gasteiger charge is -2.43. The number of carbonyl (C=O) groups is 1. The minimum atomic E-state index is 0.220. The van der Waals surface area contributed by atoms with Gasteiger partial charge in [0.05, 0.1) is 0 Å². The largest absolute Gasteiger partial charge is 0.325 e. The second-order valence-corrected chi connectivity index (χ2v) is 6.27. The minimum absolute atomic E-state index is 0.220. The number of rotatable bonds is 1. The molecule has 1 aliphatic heterocycles. The minimum Gasteiger partial charge on any atom is -0.325 e. The van der Waals surface area contributed by atoms with Crippen LogP contribution >= 0.6 is 0 Å². The molecule has 4 heteroatoms. The van der Waals surface area contributed by atoms with E-state index in [1.54, 1.807) is 0 Å². The van der Waals surface area contributed by atoms with Crippen LogP contribution in [0, 0.1) is 0 Å². The molecule has 0 spiro atoms. The van der Waals surface area contributed by atoms with Crippen LogP contribution in [0.3, 0.4) is 0 Å². The van der Waals surface area contributed by atoms with Crippen LogP contribution in [0.5, 0.6) is 0 Å². The van der Waals surface area contributed by atoms with Crippen molar-refractivity contribution in [2.45, 2.75) is 45.2 Å². The zero-order chi connectivity index (χ0) is 12.6. The van der Waals surface area contributed by atoms with Crippen molar-refractivity contribution in [3.05, 3.63) is 0 Å². The molecular formula is C13H25N3O. The zero-order valence-corrected chi connectivity index (χ0v) is 11.6. The molecule has 2 fully saturated rings. The van der Waals surface area contributed by atoms with E-state index in [2.05, 4.69) is 25.7 Å². The first-order valence-electron chi connectivity index (χ1n) is 6.66. The zero-order valence-electron chi connectivity index (χ0n) is 11.6. The lowest BCUT2D eigenvalue weighted by atomic mass is 10.1. The lowest BCUT2D eigenvalue weighted by Crippen LogP contribution is -2.56. The molecule has 98 valence electrons. The number of urea groups is 1. The predicted molar refractivity (Wildman–Crippen MR) is 69.1 cm³/mol. The summed E-state index contributed by atoms with van der Waals surface area (Å²) >= 11 is 0. The van der Waals surface area contributed by atoms with E-state index in [4.69, 9.17) is 0 Å². The van der Waals surface area contributed by atoms with Gasteiger partial charge in [-0.3, -0.25) is 4.90 Å². The van der Waals surface area contributed by atoms with Gasteiger partial charge in [0.2, 0.25) is 0 Å². The van der Waals surface area contributed by atoms with Gasteiger partial charge in [0, 0.05) is 44.8 Å². The van der Waals surface area contributed by atoms with Gasteiger partial charge < -0.3 is 9.80 Å². The SMILES string of the molecule is CN(C(=O)N1CCN(C(C)(C)C)CC1)C1CC1. The maximum absolute atomic E-state index is 12.2. The molecule has 0 aromatic carbocycles. The third-order valence-electron chi connectivity index (χ3n) is 3.90. The summed E-state index contributed by atoms with van der Waals surface area (Å²) in [5, 5.41) is 0. The van der Waals surface area contributed by atoms with Gasteiger partial charge in [-0.25, -0.2) is 4.79 Å². The molecule has 0 aromatic heterocycles. The van der Waals surface area contributed by atoms with Crippen LogP contribution in [0.2, 0.25) is 0 Å². The van der Waals surface area contributed by atoms with Gasteiger partial charge in [-0.1, -0.05) is 0 Å². The van der Waals surface area contributed by atoms with Crippen molar-refractivity contribution in [3.8, 4) is 0 Å². The van der Waals surface area contributed by atoms with Gasteiger partial charge in [0.25, 0.3) is 0 Å². The van der Waals surface area contributed by atoms with E-state index in [0.29, 0.717) is 6.04 Å². The molecule has 1 saturated heterocycles. The summed E-state index contributed by atoms with van der Waals surface area (Å²) in [5.74, 6) is 0. The Hall–Kier alpha value is -0.770. The van der Waals surface area contributed by atoms with Crippen LogP contribution in [-0.2, 0) is 0 Å². The maximum Gasteiger partial charge on any atom is 0.320 e. The number of hydrogen-bond acceptors (Lipinski definition) is 2. The Labute approximate surface area is 105 Å². The highest BCUT2D eigenvalue weighted by Gasteiger charge is 2.34. The number of carbonyl (C=O) groups excluding carboxylic acids is 1. The molecule has 4 nitrogen and oxygen atoms in total. The second-order valence-electron chi connectivity index (χ2n) is 6.27. The molecular weight excluding hydrogens is 214 g/mol. The van der Waals surface area contributed by atoms with Crippen molar-refractivity contribution >= 4 is 6.03 Å². The monoisotopic (exact) mass is 239 g/mol. The summed E-state index contributed by atoms with van der Waals surface area (Å²) in [6.07, 6.45) is 2.37. The Morgan fingerprint density at radius 2 is 1.65 bits per heavy atom. The van der Waals surface area contributed by atoms with Crippen molar-refractivity contribution in [2.75, 3.05) is 33.2 Å². The fourth-order valence-corrected chi connectivity index (χ4v) is 2.41. The molecule has 0 unspecified atom stereocenters. The maximum atomic E-state index is 12.2. The van der Waals surface area contributed by atoms with E-state index in [-0.39, 0.29) is 11.6 Å². The molecule has 0 bridgehead atoms. The van der Waals surface area contributed by atoms with E-state index >= 15 is 0 Å². The summed E-state index contributed by atoms with van der Waals surface area (Å²) < 4.78 is 0. The van der Waals surface area contributed by atoms with Crippen LogP contribution < -0.4 is 0 Å². The summed E-state index contributed by atoms with van der Waals surface area (Å²) in [6, 6.07) is 0.740. The molecule has 0 atom stereocenters. The molecule has 0 aromatic rings. The molecule has 0 N–H and O–H groups in total. The van der Waals surface area contributed by atoms with Gasteiger partial charge in [-0.2, -0.15) is 0 Å². The van der Waals surface area contributed by atoms with Crippen LogP contribution in [0.25, 0.3) is 0 Å². The summed E-state index contributed by atoms with van der Waals surface area (Å²) in [7, 11) is 1.94. The van der Waals surface area contributed by atoms with E-state index < -0.39 is 0 Å². The summed E-state index contributed by atoms with van der Waals surface area (Å²) in [5.41, 5.74) is 0.220. The van der Waals surface area contributed by atoms with E-state index in [1.165, 1.54) is 12.8 Å². The molecule has 2 amide bonds. The molecule has 0 radical (unpaired) electrons. The Kier molecular flexibility index (Phi) is 3.34. The third kappa shape index (κ3) is 2.92. The van der Waals surface area contributed by atoms with Crippen LogP contribution in [0.4, 0.5) is 4.79 Å². The van der Waals surface area contributed by atoms with Crippen LogP contribution in [0.1, 0.15) is 33.6 Å². The smallest absolute Gasteiger partial charge is 0.320 e. The fraction of sp³-hybridized carbons (Fsp3) is 0.923. The molecule has 17 heavy (non-hydrogen) atoms. The van der Waals surface area contributed by atoms with E-state index in [9.17, 15) is 4.79 Å². The van der Waals surface area contributed by atoms with E-state index in [0.717, 1.165) is 26.2 Å². The van der Waals surface area contributed by atoms with Crippen molar-refractivity contribution < 1.29 is 4.79 Å². The summed E-state index contributed by atoms with van der Waals surface area (Å²) in [4.78, 5) is 18.5. The second kappa shape index (κ2) is 4.48. The Morgan fingerprint density at radius 3 is 2.06 bits per heavy atom. The van der Waals surface area contributed by atoms with Gasteiger partial charge in [0.1, 0.15) is 0 Å². The van der Waals surface area contributed by atoms with Crippen molar-refractivity contribution in [1.29, 1.82) is 0 Å². The normalized spacial score (nSPS) is 22.7.